The number of aliphatic hydroxyl groups excluding tert-OH is 1. The normalized spacial score (nSPS) is 15.1. The Bertz CT molecular complexity index is 1470. The number of amides is 1. The Balaban J connectivity index is 1.50. The number of halogens is 3. The van der Waals surface area contributed by atoms with E-state index in [4.69, 9.17) is 0 Å². The lowest BCUT2D eigenvalue weighted by molar-refractivity contribution is -0.0494. The van der Waals surface area contributed by atoms with Gasteiger partial charge in [0.1, 0.15) is 5.82 Å². The van der Waals surface area contributed by atoms with Crippen molar-refractivity contribution in [1.82, 2.24) is 4.90 Å². The van der Waals surface area contributed by atoms with Crippen molar-refractivity contribution in [1.29, 1.82) is 0 Å². The molecule has 0 bridgehead atoms. The fraction of sp³-hybridized carbons (Fsp3) is 0.258. The van der Waals surface area contributed by atoms with Crippen molar-refractivity contribution < 1.29 is 23.1 Å². The molecule has 1 N–H and O–H groups in total. The second-order valence-corrected chi connectivity index (χ2v) is 10.9. The van der Waals surface area contributed by atoms with Crippen LogP contribution in [0.5, 0.6) is 0 Å². The van der Waals surface area contributed by atoms with Crippen LogP contribution >= 0.6 is 11.3 Å². The molecule has 3 aromatic carbocycles. The van der Waals surface area contributed by atoms with Gasteiger partial charge in [-0.25, -0.2) is 13.2 Å². The van der Waals surface area contributed by atoms with Crippen molar-refractivity contribution in [2.24, 2.45) is 0 Å². The second-order valence-electron chi connectivity index (χ2n) is 9.76. The van der Waals surface area contributed by atoms with E-state index in [-0.39, 0.29) is 44.3 Å². The van der Waals surface area contributed by atoms with Crippen molar-refractivity contribution in [2.75, 3.05) is 13.1 Å². The number of rotatable bonds is 5. The third-order valence-corrected chi connectivity index (χ3v) is 8.77. The maximum absolute atomic E-state index is 13.7. The first-order valence-corrected chi connectivity index (χ1v) is 13.4. The molecule has 1 fully saturated rings. The number of aliphatic hydroxyl groups is 1. The molecule has 0 spiro atoms. The lowest BCUT2D eigenvalue weighted by atomic mass is 9.92. The number of hydrogen-bond acceptors (Lipinski definition) is 3. The highest BCUT2D eigenvalue weighted by atomic mass is 32.1. The van der Waals surface area contributed by atoms with Crippen LogP contribution in [0.25, 0.3) is 32.7 Å². The molecule has 1 amide bonds. The lowest BCUT2D eigenvalue weighted by Gasteiger charge is -2.31. The van der Waals surface area contributed by atoms with Crippen LogP contribution in [0.1, 0.15) is 39.2 Å². The Morgan fingerprint density at radius 1 is 0.868 bits per heavy atom. The van der Waals surface area contributed by atoms with Gasteiger partial charge in [-0.05, 0) is 83.1 Å². The highest BCUT2D eigenvalue weighted by Crippen LogP contribution is 2.42. The van der Waals surface area contributed by atoms with E-state index in [0.717, 1.165) is 48.7 Å². The summed E-state index contributed by atoms with van der Waals surface area (Å²) in [7, 11) is 0. The molecule has 1 aliphatic heterocycles. The molecule has 4 aromatic rings. The SMILES string of the molecule is Cc1c(CO)sc(-c2ccc(-c3ccc(C(=O)N4CCC(F)(F)CC4)cc3)cc2-c2ccc(F)cc2)c1C. The Kier molecular flexibility index (Phi) is 7.16. The van der Waals surface area contributed by atoms with Gasteiger partial charge in [-0.15, -0.1) is 11.3 Å². The molecule has 0 aliphatic carbocycles. The van der Waals surface area contributed by atoms with Crippen LogP contribution in [0, 0.1) is 19.7 Å². The van der Waals surface area contributed by atoms with E-state index in [9.17, 15) is 23.1 Å². The largest absolute Gasteiger partial charge is 0.391 e. The van der Waals surface area contributed by atoms with Crippen molar-refractivity contribution in [3.63, 3.8) is 0 Å². The molecular formula is C31H28F3NO2S. The van der Waals surface area contributed by atoms with Gasteiger partial charge in [-0.3, -0.25) is 4.79 Å². The summed E-state index contributed by atoms with van der Waals surface area (Å²) >= 11 is 1.56. The van der Waals surface area contributed by atoms with Crippen LogP contribution in [-0.2, 0) is 6.61 Å². The van der Waals surface area contributed by atoms with E-state index in [1.165, 1.54) is 17.0 Å². The van der Waals surface area contributed by atoms with Gasteiger partial charge in [0.2, 0.25) is 0 Å². The molecule has 5 rings (SSSR count). The smallest absolute Gasteiger partial charge is 0.253 e. The predicted molar refractivity (Wildman–Crippen MR) is 146 cm³/mol. The number of thiophene rings is 1. The Labute approximate surface area is 224 Å². The van der Waals surface area contributed by atoms with Crippen molar-refractivity contribution >= 4 is 17.2 Å². The van der Waals surface area contributed by atoms with Crippen molar-refractivity contribution in [2.45, 2.75) is 39.2 Å². The quantitative estimate of drug-likeness (QED) is 0.283. The lowest BCUT2D eigenvalue weighted by Crippen LogP contribution is -2.42. The fourth-order valence-corrected chi connectivity index (χ4v) is 6.09. The molecule has 196 valence electrons. The molecule has 0 radical (unpaired) electrons. The van der Waals surface area contributed by atoms with Gasteiger partial charge in [0.05, 0.1) is 6.61 Å². The second kappa shape index (κ2) is 10.4. The molecule has 2 heterocycles. The van der Waals surface area contributed by atoms with Gasteiger partial charge in [0.15, 0.2) is 0 Å². The van der Waals surface area contributed by atoms with Crippen LogP contribution in [0.3, 0.4) is 0 Å². The average Bonchev–Trinajstić information content (AvgIpc) is 3.21. The van der Waals surface area contributed by atoms with Crippen LogP contribution in [-0.4, -0.2) is 34.9 Å². The molecule has 1 aromatic heterocycles. The maximum Gasteiger partial charge on any atom is 0.253 e. The third-order valence-electron chi connectivity index (χ3n) is 7.36. The van der Waals surface area contributed by atoms with E-state index < -0.39 is 5.92 Å². The van der Waals surface area contributed by atoms with E-state index in [2.05, 4.69) is 6.07 Å². The summed E-state index contributed by atoms with van der Waals surface area (Å²) in [5.74, 6) is -3.25. The Hall–Kier alpha value is -3.42. The highest BCUT2D eigenvalue weighted by Gasteiger charge is 2.35. The van der Waals surface area contributed by atoms with E-state index in [1.807, 2.05) is 38.1 Å². The first kappa shape index (κ1) is 26.2. The molecule has 38 heavy (non-hydrogen) atoms. The highest BCUT2D eigenvalue weighted by molar-refractivity contribution is 7.16. The van der Waals surface area contributed by atoms with E-state index in [0.29, 0.717) is 5.56 Å². The summed E-state index contributed by atoms with van der Waals surface area (Å²) in [4.78, 5) is 16.3. The minimum atomic E-state index is -2.70. The summed E-state index contributed by atoms with van der Waals surface area (Å²) in [6, 6.07) is 19.7. The van der Waals surface area contributed by atoms with Crippen LogP contribution < -0.4 is 0 Å². The summed E-state index contributed by atoms with van der Waals surface area (Å²) in [6.45, 7) is 4.13. The Morgan fingerprint density at radius 2 is 1.47 bits per heavy atom. The van der Waals surface area contributed by atoms with E-state index >= 15 is 0 Å². The maximum atomic E-state index is 13.7. The standard InChI is InChI=1S/C31H28F3NO2S/c1-19-20(2)29(38-28(19)18-36)26-12-9-24(17-27(26)22-7-10-25(32)11-8-22)21-3-5-23(6-4-21)30(37)35-15-13-31(33,34)14-16-35/h3-12,17,36H,13-16,18H2,1-2H3. The number of nitrogens with zero attached hydrogens (tertiary/aromatic N) is 1. The number of piperidine rings is 1. The van der Waals surface area contributed by atoms with Crippen LogP contribution in [0.2, 0.25) is 0 Å². The van der Waals surface area contributed by atoms with Gasteiger partial charge in [0, 0.05) is 41.2 Å². The Morgan fingerprint density at radius 3 is 2.08 bits per heavy atom. The number of carbonyl (C=O) groups is 1. The van der Waals surface area contributed by atoms with Crippen molar-refractivity contribution in [3.8, 4) is 32.7 Å². The number of carbonyl (C=O) groups excluding carboxylic acids is 1. The molecule has 3 nitrogen and oxygen atoms in total. The van der Waals surface area contributed by atoms with Gasteiger partial charge >= 0.3 is 0 Å². The zero-order chi connectivity index (χ0) is 27.0. The monoisotopic (exact) mass is 535 g/mol. The molecule has 7 heteroatoms. The zero-order valence-electron chi connectivity index (χ0n) is 21.2. The number of benzene rings is 3. The summed E-state index contributed by atoms with van der Waals surface area (Å²) in [6.07, 6.45) is -0.614. The van der Waals surface area contributed by atoms with Gasteiger partial charge in [-0.1, -0.05) is 36.4 Å². The molecule has 1 saturated heterocycles. The summed E-state index contributed by atoms with van der Waals surface area (Å²) in [5.41, 5.74) is 7.27. The van der Waals surface area contributed by atoms with Crippen LogP contribution in [0.4, 0.5) is 13.2 Å². The summed E-state index contributed by atoms with van der Waals surface area (Å²) in [5, 5.41) is 9.79. The average molecular weight is 536 g/mol. The van der Waals surface area contributed by atoms with Gasteiger partial charge in [-0.2, -0.15) is 0 Å². The predicted octanol–water partition coefficient (Wildman–Crippen LogP) is 7.87. The minimum absolute atomic E-state index is 0.0216. The molecular weight excluding hydrogens is 507 g/mol. The summed E-state index contributed by atoms with van der Waals surface area (Å²) < 4.78 is 40.7. The molecule has 0 atom stereocenters. The third kappa shape index (κ3) is 5.13. The zero-order valence-corrected chi connectivity index (χ0v) is 22.0. The fourth-order valence-electron chi connectivity index (χ4n) is 4.88. The molecule has 1 aliphatic rings. The molecule has 0 unspecified atom stereocenters. The van der Waals surface area contributed by atoms with Crippen LogP contribution in [0.15, 0.2) is 66.7 Å². The van der Waals surface area contributed by atoms with Gasteiger partial charge in [0.25, 0.3) is 11.8 Å². The first-order chi connectivity index (χ1) is 18.2. The van der Waals surface area contributed by atoms with E-state index in [1.54, 1.807) is 35.6 Å². The number of hydrogen-bond donors (Lipinski definition) is 1. The number of likely N-dealkylation sites (tertiary alicyclic amines) is 1. The molecule has 0 saturated carbocycles. The minimum Gasteiger partial charge on any atom is -0.391 e. The number of alkyl halides is 2. The topological polar surface area (TPSA) is 40.5 Å². The van der Waals surface area contributed by atoms with Crippen molar-refractivity contribution in [3.05, 3.63) is 94.1 Å². The first-order valence-electron chi connectivity index (χ1n) is 12.5. The van der Waals surface area contributed by atoms with Gasteiger partial charge < -0.3 is 10.0 Å².